The molecule has 2 saturated heterocycles. The molecule has 2 fully saturated rings. The van der Waals surface area contributed by atoms with Crippen molar-refractivity contribution < 1.29 is 14.3 Å². The summed E-state index contributed by atoms with van der Waals surface area (Å²) in [4.78, 5) is 25.5. The van der Waals surface area contributed by atoms with Crippen molar-refractivity contribution in [3.8, 4) is 0 Å². The van der Waals surface area contributed by atoms with Gasteiger partial charge >= 0.3 is 0 Å². The van der Waals surface area contributed by atoms with Crippen LogP contribution in [0.2, 0.25) is 0 Å². The first-order valence-corrected chi connectivity index (χ1v) is 7.07. The number of carbonyl (C=O) groups excluding carboxylic acids is 2. The van der Waals surface area contributed by atoms with Crippen LogP contribution in [0.15, 0.2) is 24.3 Å². The number of hydrogen-bond acceptors (Lipinski definition) is 3. The average molecular weight is 274 g/mol. The summed E-state index contributed by atoms with van der Waals surface area (Å²) in [6, 6.07) is 7.42. The fourth-order valence-electron chi connectivity index (χ4n) is 2.68. The minimum absolute atomic E-state index is 0.104. The van der Waals surface area contributed by atoms with Gasteiger partial charge in [0.2, 0.25) is 5.91 Å². The van der Waals surface area contributed by atoms with Gasteiger partial charge in [0.05, 0.1) is 0 Å². The summed E-state index contributed by atoms with van der Waals surface area (Å²) < 4.78 is 5.36. The summed E-state index contributed by atoms with van der Waals surface area (Å²) in [5.74, 6) is 0.0417. The lowest BCUT2D eigenvalue weighted by Gasteiger charge is -2.17. The smallest absolute Gasteiger partial charge is 0.253 e. The molecule has 106 valence electrons. The van der Waals surface area contributed by atoms with Gasteiger partial charge in [-0.05, 0) is 37.5 Å². The second-order valence-corrected chi connectivity index (χ2v) is 5.19. The molecular formula is C15H18N2O3. The quantitative estimate of drug-likeness (QED) is 0.916. The van der Waals surface area contributed by atoms with E-state index in [0.717, 1.165) is 31.5 Å². The second kappa shape index (κ2) is 5.63. The Kier molecular flexibility index (Phi) is 3.69. The van der Waals surface area contributed by atoms with Gasteiger partial charge in [-0.2, -0.15) is 0 Å². The van der Waals surface area contributed by atoms with Gasteiger partial charge in [-0.1, -0.05) is 6.07 Å². The minimum Gasteiger partial charge on any atom is -0.368 e. The Balaban J connectivity index is 1.70. The highest BCUT2D eigenvalue weighted by Crippen LogP contribution is 2.24. The van der Waals surface area contributed by atoms with Crippen LogP contribution in [-0.4, -0.2) is 31.1 Å². The van der Waals surface area contributed by atoms with Crippen molar-refractivity contribution in [2.24, 2.45) is 0 Å². The SMILES string of the molecule is O=C(Nc1cccc(N2CCCC2=O)c1)C1CCCO1. The number of nitrogens with zero attached hydrogens (tertiary/aromatic N) is 1. The average Bonchev–Trinajstić information content (AvgIpc) is 3.10. The van der Waals surface area contributed by atoms with Crippen LogP contribution in [0.3, 0.4) is 0 Å². The Bertz CT molecular complexity index is 524. The Morgan fingerprint density at radius 2 is 2.25 bits per heavy atom. The minimum atomic E-state index is -0.341. The van der Waals surface area contributed by atoms with E-state index in [2.05, 4.69) is 5.32 Å². The zero-order valence-corrected chi connectivity index (χ0v) is 11.3. The van der Waals surface area contributed by atoms with Crippen molar-refractivity contribution in [1.82, 2.24) is 0 Å². The van der Waals surface area contributed by atoms with Crippen molar-refractivity contribution >= 4 is 23.2 Å². The molecule has 3 rings (SSSR count). The first kappa shape index (κ1) is 13.1. The monoisotopic (exact) mass is 274 g/mol. The van der Waals surface area contributed by atoms with Gasteiger partial charge in [-0.25, -0.2) is 0 Å². The van der Waals surface area contributed by atoms with Crippen molar-refractivity contribution in [2.75, 3.05) is 23.4 Å². The van der Waals surface area contributed by atoms with E-state index >= 15 is 0 Å². The number of nitrogens with one attached hydrogen (secondary N) is 1. The van der Waals surface area contributed by atoms with Crippen LogP contribution in [0.5, 0.6) is 0 Å². The largest absolute Gasteiger partial charge is 0.368 e. The highest BCUT2D eigenvalue weighted by Gasteiger charge is 2.24. The normalized spacial score (nSPS) is 22.3. The van der Waals surface area contributed by atoms with Gasteiger partial charge in [0.1, 0.15) is 6.10 Å². The van der Waals surface area contributed by atoms with Crippen LogP contribution in [0.25, 0.3) is 0 Å². The predicted octanol–water partition coefficient (Wildman–Crippen LogP) is 1.93. The van der Waals surface area contributed by atoms with Gasteiger partial charge in [0.15, 0.2) is 0 Å². The molecule has 1 N–H and O–H groups in total. The first-order valence-electron chi connectivity index (χ1n) is 7.07. The van der Waals surface area contributed by atoms with E-state index in [1.807, 2.05) is 24.3 Å². The Labute approximate surface area is 117 Å². The lowest BCUT2D eigenvalue weighted by atomic mass is 10.2. The molecule has 1 aromatic carbocycles. The number of ether oxygens (including phenoxy) is 1. The first-order chi connectivity index (χ1) is 9.74. The maximum Gasteiger partial charge on any atom is 0.253 e. The van der Waals surface area contributed by atoms with Crippen LogP contribution < -0.4 is 10.2 Å². The molecular weight excluding hydrogens is 256 g/mol. The number of rotatable bonds is 3. The van der Waals surface area contributed by atoms with Gasteiger partial charge in [0.25, 0.3) is 5.91 Å². The van der Waals surface area contributed by atoms with E-state index in [4.69, 9.17) is 4.74 Å². The molecule has 2 heterocycles. The molecule has 1 unspecified atom stereocenters. The van der Waals surface area contributed by atoms with Crippen molar-refractivity contribution in [3.05, 3.63) is 24.3 Å². The number of benzene rings is 1. The predicted molar refractivity (Wildman–Crippen MR) is 75.6 cm³/mol. The molecule has 1 atom stereocenters. The molecule has 5 heteroatoms. The summed E-state index contributed by atoms with van der Waals surface area (Å²) >= 11 is 0. The topological polar surface area (TPSA) is 58.6 Å². The van der Waals surface area contributed by atoms with Crippen molar-refractivity contribution in [3.63, 3.8) is 0 Å². The third kappa shape index (κ3) is 2.67. The zero-order valence-electron chi connectivity index (χ0n) is 11.3. The summed E-state index contributed by atoms with van der Waals surface area (Å²) in [6.45, 7) is 1.41. The lowest BCUT2D eigenvalue weighted by Crippen LogP contribution is -2.27. The van der Waals surface area contributed by atoms with E-state index in [0.29, 0.717) is 18.7 Å². The molecule has 0 saturated carbocycles. The van der Waals surface area contributed by atoms with Crippen LogP contribution in [0.4, 0.5) is 11.4 Å². The van der Waals surface area contributed by atoms with E-state index in [-0.39, 0.29) is 17.9 Å². The molecule has 20 heavy (non-hydrogen) atoms. The number of hydrogen-bond donors (Lipinski definition) is 1. The fourth-order valence-corrected chi connectivity index (χ4v) is 2.68. The molecule has 2 aliphatic rings. The molecule has 2 aliphatic heterocycles. The van der Waals surface area contributed by atoms with Crippen molar-refractivity contribution in [1.29, 1.82) is 0 Å². The van der Waals surface area contributed by atoms with Crippen LogP contribution in [-0.2, 0) is 14.3 Å². The molecule has 1 aromatic rings. The van der Waals surface area contributed by atoms with Crippen LogP contribution >= 0.6 is 0 Å². The second-order valence-electron chi connectivity index (χ2n) is 5.19. The fraction of sp³-hybridized carbons (Fsp3) is 0.467. The van der Waals surface area contributed by atoms with Crippen LogP contribution in [0, 0.1) is 0 Å². The third-order valence-corrected chi connectivity index (χ3v) is 3.72. The van der Waals surface area contributed by atoms with Gasteiger partial charge < -0.3 is 15.0 Å². The molecule has 0 bridgehead atoms. The molecule has 5 nitrogen and oxygen atoms in total. The van der Waals surface area contributed by atoms with Gasteiger partial charge in [-0.3, -0.25) is 9.59 Å². The van der Waals surface area contributed by atoms with E-state index < -0.39 is 0 Å². The molecule has 0 spiro atoms. The highest BCUT2D eigenvalue weighted by molar-refractivity contribution is 5.98. The zero-order chi connectivity index (χ0) is 13.9. The van der Waals surface area contributed by atoms with E-state index in [1.165, 1.54) is 0 Å². The maximum absolute atomic E-state index is 12.0. The Hall–Kier alpha value is -1.88. The maximum atomic E-state index is 12.0. The molecule has 2 amide bonds. The number of amides is 2. The highest BCUT2D eigenvalue weighted by atomic mass is 16.5. The Morgan fingerprint density at radius 3 is 2.95 bits per heavy atom. The van der Waals surface area contributed by atoms with Gasteiger partial charge in [0, 0.05) is 30.9 Å². The van der Waals surface area contributed by atoms with Crippen LogP contribution in [0.1, 0.15) is 25.7 Å². The van der Waals surface area contributed by atoms with Gasteiger partial charge in [-0.15, -0.1) is 0 Å². The Morgan fingerprint density at radius 1 is 1.35 bits per heavy atom. The van der Waals surface area contributed by atoms with E-state index in [9.17, 15) is 9.59 Å². The summed E-state index contributed by atoms with van der Waals surface area (Å²) in [5, 5.41) is 2.86. The van der Waals surface area contributed by atoms with E-state index in [1.54, 1.807) is 4.90 Å². The summed E-state index contributed by atoms with van der Waals surface area (Å²) in [5.41, 5.74) is 1.56. The molecule has 0 aromatic heterocycles. The standard InChI is InChI=1S/C15H18N2O3/c18-14-7-2-8-17(14)12-5-1-4-11(10-12)16-15(19)13-6-3-9-20-13/h1,4-5,10,13H,2-3,6-9H2,(H,16,19). The summed E-state index contributed by atoms with van der Waals surface area (Å²) in [6.07, 6.45) is 2.86. The van der Waals surface area contributed by atoms with Crippen molar-refractivity contribution in [2.45, 2.75) is 31.8 Å². The molecule has 0 aliphatic carbocycles. The number of carbonyl (C=O) groups is 2. The molecule has 0 radical (unpaired) electrons. The summed E-state index contributed by atoms with van der Waals surface area (Å²) in [7, 11) is 0. The third-order valence-electron chi connectivity index (χ3n) is 3.72. The lowest BCUT2D eigenvalue weighted by molar-refractivity contribution is -0.124. The number of anilines is 2.